The molecular formula is C9H14O4. The molecule has 0 bridgehead atoms. The molecule has 0 N–H and O–H groups in total. The first-order valence-electron chi connectivity index (χ1n) is 3.98. The third-order valence-corrected chi connectivity index (χ3v) is 1.04. The van der Waals surface area contributed by atoms with Gasteiger partial charge in [-0.25, -0.2) is 4.79 Å². The SMILES string of the molecule is CC(=O)CC(=O)C(=O)OC(C)(C)C. The van der Waals surface area contributed by atoms with Crippen molar-refractivity contribution in [1.29, 1.82) is 0 Å². The van der Waals surface area contributed by atoms with E-state index < -0.39 is 17.4 Å². The van der Waals surface area contributed by atoms with Crippen LogP contribution in [0.4, 0.5) is 0 Å². The molecule has 0 unspecified atom stereocenters. The fourth-order valence-corrected chi connectivity index (χ4v) is 0.633. The molecule has 13 heavy (non-hydrogen) atoms. The Morgan fingerprint density at radius 1 is 1.15 bits per heavy atom. The molecule has 0 aliphatic rings. The molecule has 0 aromatic heterocycles. The zero-order valence-corrected chi connectivity index (χ0v) is 8.34. The Morgan fingerprint density at radius 2 is 1.62 bits per heavy atom. The van der Waals surface area contributed by atoms with Gasteiger partial charge in [-0.05, 0) is 27.7 Å². The van der Waals surface area contributed by atoms with Crippen molar-refractivity contribution in [2.45, 2.75) is 39.7 Å². The molecule has 0 aromatic carbocycles. The summed E-state index contributed by atoms with van der Waals surface area (Å²) in [4.78, 5) is 32.4. The van der Waals surface area contributed by atoms with Gasteiger partial charge < -0.3 is 4.74 Å². The van der Waals surface area contributed by atoms with E-state index in [1.54, 1.807) is 20.8 Å². The van der Waals surface area contributed by atoms with Gasteiger partial charge in [-0.1, -0.05) is 0 Å². The van der Waals surface area contributed by atoms with Crippen LogP contribution < -0.4 is 0 Å². The van der Waals surface area contributed by atoms with Crippen molar-refractivity contribution in [2.75, 3.05) is 0 Å². The van der Waals surface area contributed by atoms with Gasteiger partial charge in [0.15, 0.2) is 0 Å². The van der Waals surface area contributed by atoms with E-state index in [-0.39, 0.29) is 12.2 Å². The molecular weight excluding hydrogens is 172 g/mol. The summed E-state index contributed by atoms with van der Waals surface area (Å²) in [7, 11) is 0. The number of ketones is 2. The summed E-state index contributed by atoms with van der Waals surface area (Å²) in [6.45, 7) is 6.23. The van der Waals surface area contributed by atoms with Crippen molar-refractivity contribution in [3.05, 3.63) is 0 Å². The first-order chi connectivity index (χ1) is 5.72. The Balaban J connectivity index is 4.13. The molecule has 0 aliphatic carbocycles. The van der Waals surface area contributed by atoms with Crippen LogP contribution in [-0.2, 0) is 19.1 Å². The van der Waals surface area contributed by atoms with Crippen molar-refractivity contribution in [3.8, 4) is 0 Å². The van der Waals surface area contributed by atoms with E-state index in [9.17, 15) is 14.4 Å². The highest BCUT2D eigenvalue weighted by Crippen LogP contribution is 2.07. The van der Waals surface area contributed by atoms with Crippen molar-refractivity contribution < 1.29 is 19.1 Å². The van der Waals surface area contributed by atoms with Gasteiger partial charge in [0, 0.05) is 0 Å². The smallest absolute Gasteiger partial charge is 0.375 e. The monoisotopic (exact) mass is 186 g/mol. The molecule has 0 heterocycles. The maximum atomic E-state index is 11.0. The molecule has 0 aliphatic heterocycles. The van der Waals surface area contributed by atoms with Crippen LogP contribution in [0.25, 0.3) is 0 Å². The lowest BCUT2D eigenvalue weighted by molar-refractivity contribution is -0.163. The molecule has 4 heteroatoms. The fraction of sp³-hybridized carbons (Fsp3) is 0.667. The highest BCUT2D eigenvalue weighted by molar-refractivity contribution is 6.37. The summed E-state index contributed by atoms with van der Waals surface area (Å²) in [5.74, 6) is -2.07. The molecule has 0 aromatic rings. The van der Waals surface area contributed by atoms with Gasteiger partial charge in [0.25, 0.3) is 0 Å². The second-order valence-corrected chi connectivity index (χ2v) is 3.80. The quantitative estimate of drug-likeness (QED) is 0.373. The Labute approximate surface area is 77.3 Å². The molecule has 0 saturated carbocycles. The Kier molecular flexibility index (Phi) is 3.78. The molecule has 0 atom stereocenters. The second-order valence-electron chi connectivity index (χ2n) is 3.80. The lowest BCUT2D eigenvalue weighted by atomic mass is 10.2. The summed E-state index contributed by atoms with van der Waals surface area (Å²) in [5.41, 5.74) is -0.691. The zero-order valence-electron chi connectivity index (χ0n) is 8.34. The minimum atomic E-state index is -0.942. The molecule has 74 valence electrons. The molecule has 0 radical (unpaired) electrons. The van der Waals surface area contributed by atoms with Crippen LogP contribution in [0.3, 0.4) is 0 Å². The number of esters is 1. The molecule has 0 fully saturated rings. The highest BCUT2D eigenvalue weighted by atomic mass is 16.6. The van der Waals surface area contributed by atoms with Gasteiger partial charge in [-0.3, -0.25) is 9.59 Å². The summed E-state index contributed by atoms with van der Waals surface area (Å²) < 4.78 is 4.76. The van der Waals surface area contributed by atoms with Gasteiger partial charge in [0.05, 0.1) is 6.42 Å². The number of Topliss-reactive ketones (excluding diaryl/α,β-unsaturated/α-hetero) is 2. The lowest BCUT2D eigenvalue weighted by Gasteiger charge is -2.18. The van der Waals surface area contributed by atoms with E-state index >= 15 is 0 Å². The first-order valence-corrected chi connectivity index (χ1v) is 3.98. The van der Waals surface area contributed by atoms with E-state index in [4.69, 9.17) is 4.74 Å². The van der Waals surface area contributed by atoms with E-state index in [1.807, 2.05) is 0 Å². The number of hydrogen-bond donors (Lipinski definition) is 0. The van der Waals surface area contributed by atoms with Gasteiger partial charge in [-0.15, -0.1) is 0 Å². The maximum absolute atomic E-state index is 11.0. The summed E-state index contributed by atoms with van der Waals surface area (Å²) in [6.07, 6.45) is -0.380. The predicted molar refractivity (Wildman–Crippen MR) is 46.2 cm³/mol. The van der Waals surface area contributed by atoms with Gasteiger partial charge in [0.2, 0.25) is 5.78 Å². The topological polar surface area (TPSA) is 60.4 Å². The first kappa shape index (κ1) is 11.8. The second kappa shape index (κ2) is 4.16. The van der Waals surface area contributed by atoms with Crippen molar-refractivity contribution in [1.82, 2.24) is 0 Å². The fourth-order valence-electron chi connectivity index (χ4n) is 0.633. The third kappa shape index (κ3) is 6.02. The van der Waals surface area contributed by atoms with Crippen LogP contribution in [0.15, 0.2) is 0 Å². The van der Waals surface area contributed by atoms with E-state index in [0.29, 0.717) is 0 Å². The third-order valence-electron chi connectivity index (χ3n) is 1.04. The van der Waals surface area contributed by atoms with Gasteiger partial charge in [-0.2, -0.15) is 0 Å². The van der Waals surface area contributed by atoms with Crippen LogP contribution in [-0.4, -0.2) is 23.1 Å². The van der Waals surface area contributed by atoms with E-state index in [0.717, 1.165) is 0 Å². The van der Waals surface area contributed by atoms with Gasteiger partial charge >= 0.3 is 5.97 Å². The zero-order chi connectivity index (χ0) is 10.6. The minimum absolute atomic E-state index is 0.337. The highest BCUT2D eigenvalue weighted by Gasteiger charge is 2.23. The Hall–Kier alpha value is -1.19. The van der Waals surface area contributed by atoms with Crippen LogP contribution in [0.1, 0.15) is 34.1 Å². The van der Waals surface area contributed by atoms with E-state index in [2.05, 4.69) is 0 Å². The average molecular weight is 186 g/mol. The number of ether oxygens (including phenoxy) is 1. The maximum Gasteiger partial charge on any atom is 0.375 e. The summed E-state index contributed by atoms with van der Waals surface area (Å²) in [6, 6.07) is 0. The standard InChI is InChI=1S/C9H14O4/c1-6(10)5-7(11)8(12)13-9(2,3)4/h5H2,1-4H3. The number of rotatable bonds is 3. The predicted octanol–water partition coefficient (Wildman–Crippen LogP) is 0.876. The normalized spacial score (nSPS) is 10.8. The molecule has 0 rings (SSSR count). The van der Waals surface area contributed by atoms with Crippen molar-refractivity contribution in [2.24, 2.45) is 0 Å². The van der Waals surface area contributed by atoms with E-state index in [1.165, 1.54) is 6.92 Å². The number of carbonyl (C=O) groups is 3. The number of carbonyl (C=O) groups excluding carboxylic acids is 3. The van der Waals surface area contributed by atoms with Crippen LogP contribution >= 0.6 is 0 Å². The van der Waals surface area contributed by atoms with Crippen LogP contribution in [0, 0.1) is 0 Å². The van der Waals surface area contributed by atoms with Crippen molar-refractivity contribution in [3.63, 3.8) is 0 Å². The summed E-state index contributed by atoms with van der Waals surface area (Å²) >= 11 is 0. The number of hydrogen-bond acceptors (Lipinski definition) is 4. The Bertz CT molecular complexity index is 234. The lowest BCUT2D eigenvalue weighted by Crippen LogP contribution is -2.29. The molecule has 0 amide bonds. The summed E-state index contributed by atoms with van der Waals surface area (Å²) in [5, 5.41) is 0. The average Bonchev–Trinajstić information content (AvgIpc) is 1.81. The van der Waals surface area contributed by atoms with Crippen molar-refractivity contribution >= 4 is 17.5 Å². The van der Waals surface area contributed by atoms with Gasteiger partial charge in [0.1, 0.15) is 11.4 Å². The minimum Gasteiger partial charge on any atom is -0.454 e. The van der Waals surface area contributed by atoms with Crippen LogP contribution in [0.5, 0.6) is 0 Å². The largest absolute Gasteiger partial charge is 0.454 e. The molecule has 0 saturated heterocycles. The van der Waals surface area contributed by atoms with Crippen LogP contribution in [0.2, 0.25) is 0 Å². The molecule has 0 spiro atoms. The molecule has 4 nitrogen and oxygen atoms in total. The Morgan fingerprint density at radius 3 is 1.92 bits per heavy atom.